The van der Waals surface area contributed by atoms with Crippen molar-refractivity contribution in [3.05, 3.63) is 64.5 Å². The summed E-state index contributed by atoms with van der Waals surface area (Å²) in [6.45, 7) is 13.4. The lowest BCUT2D eigenvalue weighted by molar-refractivity contribution is 0.301. The van der Waals surface area contributed by atoms with Crippen molar-refractivity contribution in [2.24, 2.45) is 5.41 Å². The molecule has 2 aliphatic carbocycles. The van der Waals surface area contributed by atoms with Gasteiger partial charge in [-0.15, -0.1) is 0 Å². The minimum Gasteiger partial charge on any atom is -0.288 e. The molecule has 0 aromatic heterocycles. The van der Waals surface area contributed by atoms with Crippen molar-refractivity contribution >= 4 is 9.84 Å². The van der Waals surface area contributed by atoms with Crippen LogP contribution in [0.25, 0.3) is 4.85 Å². The summed E-state index contributed by atoms with van der Waals surface area (Å²) >= 11 is 0. The second kappa shape index (κ2) is 6.14. The maximum atomic E-state index is 13.3. The molecule has 0 amide bonds. The fourth-order valence-electron chi connectivity index (χ4n) is 3.90. The van der Waals surface area contributed by atoms with Gasteiger partial charge in [-0.1, -0.05) is 48.8 Å². The topological polar surface area (TPSA) is 38.5 Å². The summed E-state index contributed by atoms with van der Waals surface area (Å²) in [5.74, 6) is 0. The van der Waals surface area contributed by atoms with Crippen LogP contribution in [-0.4, -0.2) is 13.3 Å². The van der Waals surface area contributed by atoms with Gasteiger partial charge < -0.3 is 0 Å². The van der Waals surface area contributed by atoms with Crippen LogP contribution in [0.2, 0.25) is 0 Å². The number of fused-ring (bicyclic) bond motifs is 1. The van der Waals surface area contributed by atoms with E-state index < -0.39 is 14.7 Å². The van der Waals surface area contributed by atoms with E-state index in [9.17, 15) is 8.42 Å². The molecule has 1 fully saturated rings. The van der Waals surface area contributed by atoms with E-state index in [1.165, 1.54) is 12.0 Å². The van der Waals surface area contributed by atoms with Gasteiger partial charge in [-0.3, -0.25) is 4.85 Å². The smallest absolute Gasteiger partial charge is 0.288 e. The van der Waals surface area contributed by atoms with Gasteiger partial charge in [0.25, 0.3) is 9.84 Å². The van der Waals surface area contributed by atoms with Crippen LogP contribution in [0.15, 0.2) is 52.5 Å². The lowest BCUT2D eigenvalue weighted by atomic mass is 9.66. The van der Waals surface area contributed by atoms with Gasteiger partial charge in [-0.2, -0.15) is 0 Å². The number of benzene rings is 1. The van der Waals surface area contributed by atoms with E-state index in [0.29, 0.717) is 5.57 Å². The first kappa shape index (κ1) is 17.9. The average Bonchev–Trinajstić information content (AvgIpc) is 2.60. The van der Waals surface area contributed by atoms with E-state index in [-0.39, 0.29) is 10.3 Å². The minimum absolute atomic E-state index is 0.137. The van der Waals surface area contributed by atoms with Crippen molar-refractivity contribution in [2.45, 2.75) is 62.6 Å². The fourth-order valence-corrected chi connectivity index (χ4v) is 5.43. The molecule has 0 aliphatic heterocycles. The van der Waals surface area contributed by atoms with Crippen molar-refractivity contribution < 1.29 is 8.42 Å². The van der Waals surface area contributed by atoms with Gasteiger partial charge >= 0.3 is 4.87 Å². The van der Waals surface area contributed by atoms with E-state index in [2.05, 4.69) is 11.8 Å². The van der Waals surface area contributed by atoms with Crippen LogP contribution in [0.1, 0.15) is 51.5 Å². The molecule has 2 unspecified atom stereocenters. The Kier molecular flexibility index (Phi) is 4.41. The number of rotatable bonds is 3. The molecular formula is C21H25NO2S. The van der Waals surface area contributed by atoms with Crippen LogP contribution in [0, 0.1) is 18.9 Å². The first-order chi connectivity index (χ1) is 11.7. The van der Waals surface area contributed by atoms with Crippen LogP contribution in [0.4, 0.5) is 0 Å². The Balaban J connectivity index is 2.06. The highest BCUT2D eigenvalue weighted by molar-refractivity contribution is 7.93. The second-order valence-electron chi connectivity index (χ2n) is 7.71. The number of sulfone groups is 1. The first-order valence-corrected chi connectivity index (χ1v) is 10.3. The number of aryl methyl sites for hydroxylation is 1. The zero-order valence-corrected chi connectivity index (χ0v) is 16.0. The molecule has 1 aromatic rings. The molecule has 0 radical (unpaired) electrons. The summed E-state index contributed by atoms with van der Waals surface area (Å²) in [4.78, 5) is 2.26. The highest BCUT2D eigenvalue weighted by atomic mass is 32.2. The molecule has 0 saturated heterocycles. The largest absolute Gasteiger partial charge is 0.355 e. The second-order valence-corrected chi connectivity index (χ2v) is 9.99. The molecule has 1 saturated carbocycles. The molecule has 0 bridgehead atoms. The third-order valence-corrected chi connectivity index (χ3v) is 8.17. The van der Waals surface area contributed by atoms with Gasteiger partial charge in [0, 0.05) is 12.5 Å². The van der Waals surface area contributed by atoms with Crippen LogP contribution in [0.5, 0.6) is 0 Å². The molecule has 0 heterocycles. The summed E-state index contributed by atoms with van der Waals surface area (Å²) in [7, 11) is -3.79. The fraction of sp³-hybridized carbons (Fsp3) is 0.476. The highest BCUT2D eigenvalue weighted by Gasteiger charge is 2.51. The van der Waals surface area contributed by atoms with Gasteiger partial charge in [-0.05, 0) is 50.2 Å². The summed E-state index contributed by atoms with van der Waals surface area (Å²) in [5.41, 5.74) is 3.08. The molecule has 3 nitrogen and oxygen atoms in total. The standard InChI is InChI=1S/C21H25NO2S/c1-16-8-10-19(11-9-16)25(23,24)21(3,22-4)18-12-14-20(2)13-6-5-7-17(20)15-18/h8-12,15H,5-7,13-14H2,1-3H3. The third-order valence-electron chi connectivity index (χ3n) is 5.91. The van der Waals surface area contributed by atoms with Crippen molar-refractivity contribution in [3.63, 3.8) is 0 Å². The van der Waals surface area contributed by atoms with E-state index >= 15 is 0 Å². The maximum Gasteiger partial charge on any atom is 0.355 e. The van der Waals surface area contributed by atoms with Gasteiger partial charge in [0.15, 0.2) is 0 Å². The lowest BCUT2D eigenvalue weighted by Gasteiger charge is -2.39. The van der Waals surface area contributed by atoms with Gasteiger partial charge in [0.2, 0.25) is 0 Å². The van der Waals surface area contributed by atoms with Gasteiger partial charge in [0.05, 0.1) is 4.90 Å². The lowest BCUT2D eigenvalue weighted by Crippen LogP contribution is -2.36. The third kappa shape index (κ3) is 2.85. The Hall–Kier alpha value is -1.86. The Morgan fingerprint density at radius 3 is 2.52 bits per heavy atom. The average molecular weight is 356 g/mol. The molecule has 3 rings (SSSR count). The zero-order chi connectivity index (χ0) is 18.3. The van der Waals surface area contributed by atoms with Crippen LogP contribution >= 0.6 is 0 Å². The molecule has 0 spiro atoms. The maximum absolute atomic E-state index is 13.3. The summed E-state index contributed by atoms with van der Waals surface area (Å²) in [6.07, 6.45) is 9.33. The van der Waals surface area contributed by atoms with Crippen molar-refractivity contribution in [1.29, 1.82) is 0 Å². The predicted molar refractivity (Wildman–Crippen MR) is 101 cm³/mol. The Bertz CT molecular complexity index is 887. The molecule has 1 aromatic carbocycles. The number of hydrogen-bond donors (Lipinski definition) is 0. The van der Waals surface area contributed by atoms with Crippen molar-refractivity contribution in [1.82, 2.24) is 0 Å². The monoisotopic (exact) mass is 355 g/mol. The molecule has 2 aliphatic rings. The molecular weight excluding hydrogens is 330 g/mol. The van der Waals surface area contributed by atoms with Gasteiger partial charge in [-0.25, -0.2) is 15.0 Å². The number of nitrogens with zero attached hydrogens (tertiary/aromatic N) is 1. The predicted octanol–water partition coefficient (Wildman–Crippen LogP) is 5.24. The van der Waals surface area contributed by atoms with Gasteiger partial charge in [0.1, 0.15) is 0 Å². The Morgan fingerprint density at radius 2 is 1.88 bits per heavy atom. The number of hydrogen-bond acceptors (Lipinski definition) is 2. The van der Waals surface area contributed by atoms with E-state index in [1.807, 2.05) is 19.1 Å². The first-order valence-electron chi connectivity index (χ1n) is 8.85. The highest BCUT2D eigenvalue weighted by Crippen LogP contribution is 2.49. The minimum atomic E-state index is -3.79. The Labute approximate surface area is 151 Å². The van der Waals surface area contributed by atoms with Crippen molar-refractivity contribution in [3.8, 4) is 0 Å². The van der Waals surface area contributed by atoms with E-state index in [0.717, 1.165) is 31.2 Å². The SMILES string of the molecule is [C-]#[N+]C(C)(C1=CCC2(C)CCCCC2=C1)S(=O)(=O)c1ccc(C)cc1. The molecule has 132 valence electrons. The Morgan fingerprint density at radius 1 is 1.20 bits per heavy atom. The van der Waals surface area contributed by atoms with Crippen molar-refractivity contribution in [2.75, 3.05) is 0 Å². The quantitative estimate of drug-likeness (QED) is 0.695. The van der Waals surface area contributed by atoms with Crippen LogP contribution in [0.3, 0.4) is 0 Å². The summed E-state index contributed by atoms with van der Waals surface area (Å²) in [5, 5.41) is 0. The zero-order valence-electron chi connectivity index (χ0n) is 15.2. The summed E-state index contributed by atoms with van der Waals surface area (Å²) < 4.78 is 26.5. The van der Waals surface area contributed by atoms with E-state index in [4.69, 9.17) is 6.57 Å². The molecule has 25 heavy (non-hydrogen) atoms. The molecule has 0 N–H and O–H groups in total. The molecule has 2 atom stereocenters. The van der Waals surface area contributed by atoms with E-state index in [1.54, 1.807) is 31.2 Å². The summed E-state index contributed by atoms with van der Waals surface area (Å²) in [6, 6.07) is 6.77. The van der Waals surface area contributed by atoms with Crippen LogP contribution in [-0.2, 0) is 9.84 Å². The normalized spacial score (nSPS) is 25.8. The number of allylic oxidation sites excluding steroid dienone is 2. The van der Waals surface area contributed by atoms with Crippen LogP contribution < -0.4 is 0 Å². The molecule has 4 heteroatoms.